The fourth-order valence-electron chi connectivity index (χ4n) is 3.66. The van der Waals surface area contributed by atoms with E-state index in [1.807, 2.05) is 22.7 Å². The predicted octanol–water partition coefficient (Wildman–Crippen LogP) is 3.66. The number of benzene rings is 1. The molecular weight excluding hydrogens is 368 g/mol. The standard InChI is InChI=1S/C22H26N4OS/c1-17-7-8-21-23-19(14-26(21)13-17)15-28-16-22(27)24-18-9-11-25(12-10-18)20-5-3-2-4-6-20/h2-8,13-14,18H,9-12,15-16H2,1H3,(H,24,27). The lowest BCUT2D eigenvalue weighted by Crippen LogP contribution is -2.45. The fourth-order valence-corrected chi connectivity index (χ4v) is 4.38. The van der Waals surface area contributed by atoms with Crippen molar-refractivity contribution in [3.8, 4) is 0 Å². The Morgan fingerprint density at radius 3 is 2.71 bits per heavy atom. The van der Waals surface area contributed by atoms with Gasteiger partial charge in [0.1, 0.15) is 5.65 Å². The van der Waals surface area contributed by atoms with Gasteiger partial charge in [0, 0.05) is 43.0 Å². The summed E-state index contributed by atoms with van der Waals surface area (Å²) in [5.41, 5.74) is 4.45. The van der Waals surface area contributed by atoms with Crippen molar-refractivity contribution in [1.29, 1.82) is 0 Å². The number of aromatic nitrogens is 2. The Bertz CT molecular complexity index is 932. The maximum Gasteiger partial charge on any atom is 0.230 e. The Labute approximate surface area is 170 Å². The number of imidazole rings is 1. The van der Waals surface area contributed by atoms with Crippen LogP contribution in [0.15, 0.2) is 54.9 Å². The van der Waals surface area contributed by atoms with Gasteiger partial charge in [-0.25, -0.2) is 4.98 Å². The number of para-hydroxylation sites is 1. The number of pyridine rings is 1. The highest BCUT2D eigenvalue weighted by atomic mass is 32.2. The first kappa shape index (κ1) is 18.9. The minimum Gasteiger partial charge on any atom is -0.371 e. The minimum absolute atomic E-state index is 0.128. The van der Waals surface area contributed by atoms with Crippen LogP contribution in [0.4, 0.5) is 5.69 Å². The summed E-state index contributed by atoms with van der Waals surface area (Å²) in [6.07, 6.45) is 6.12. The van der Waals surface area contributed by atoms with Crippen molar-refractivity contribution in [3.05, 3.63) is 66.1 Å². The lowest BCUT2D eigenvalue weighted by molar-refractivity contribution is -0.119. The highest BCUT2D eigenvalue weighted by molar-refractivity contribution is 7.99. The molecule has 1 fully saturated rings. The SMILES string of the molecule is Cc1ccc2nc(CSCC(=O)NC3CCN(c4ccccc4)CC3)cn2c1. The zero-order valence-electron chi connectivity index (χ0n) is 16.2. The lowest BCUT2D eigenvalue weighted by atomic mass is 10.0. The highest BCUT2D eigenvalue weighted by Crippen LogP contribution is 2.20. The summed E-state index contributed by atoms with van der Waals surface area (Å²) in [5, 5.41) is 3.20. The van der Waals surface area contributed by atoms with Crippen molar-refractivity contribution < 1.29 is 4.79 Å². The van der Waals surface area contributed by atoms with Crippen molar-refractivity contribution in [2.75, 3.05) is 23.7 Å². The molecule has 0 aliphatic carbocycles. The smallest absolute Gasteiger partial charge is 0.230 e. The Morgan fingerprint density at radius 1 is 1.14 bits per heavy atom. The average Bonchev–Trinajstić information content (AvgIpc) is 3.11. The van der Waals surface area contributed by atoms with Crippen molar-refractivity contribution in [1.82, 2.24) is 14.7 Å². The fraction of sp³-hybridized carbons (Fsp3) is 0.364. The van der Waals surface area contributed by atoms with E-state index in [0.29, 0.717) is 5.75 Å². The number of thioether (sulfide) groups is 1. The summed E-state index contributed by atoms with van der Waals surface area (Å²) in [7, 11) is 0. The van der Waals surface area contributed by atoms with Crippen molar-refractivity contribution in [3.63, 3.8) is 0 Å². The van der Waals surface area contributed by atoms with Crippen molar-refractivity contribution in [2.45, 2.75) is 31.6 Å². The summed E-state index contributed by atoms with van der Waals surface area (Å²) in [4.78, 5) is 19.3. The molecule has 5 nitrogen and oxygen atoms in total. The summed E-state index contributed by atoms with van der Waals surface area (Å²) in [6, 6.07) is 14.9. The van der Waals surface area contributed by atoms with Gasteiger partial charge in [-0.15, -0.1) is 11.8 Å². The van der Waals surface area contributed by atoms with Crippen LogP contribution in [0, 0.1) is 6.92 Å². The third kappa shape index (κ3) is 4.68. The third-order valence-corrected chi connectivity index (χ3v) is 6.08. The molecule has 0 saturated carbocycles. The summed E-state index contributed by atoms with van der Waals surface area (Å²) >= 11 is 1.62. The first-order valence-electron chi connectivity index (χ1n) is 9.79. The van der Waals surface area contributed by atoms with Crippen molar-refractivity contribution >= 4 is 29.0 Å². The van der Waals surface area contributed by atoms with E-state index >= 15 is 0 Å². The van der Waals surface area contributed by atoms with Gasteiger partial charge in [0.15, 0.2) is 0 Å². The normalized spacial score (nSPS) is 15.1. The van der Waals surface area contributed by atoms with Crippen LogP contribution in [0.2, 0.25) is 0 Å². The number of aryl methyl sites for hydroxylation is 1. The quantitative estimate of drug-likeness (QED) is 0.693. The molecule has 3 heterocycles. The van der Waals surface area contributed by atoms with Gasteiger partial charge in [0.05, 0.1) is 11.4 Å². The molecule has 146 valence electrons. The molecule has 6 heteroatoms. The second-order valence-electron chi connectivity index (χ2n) is 7.36. The molecule has 4 rings (SSSR count). The molecule has 0 bridgehead atoms. The van der Waals surface area contributed by atoms with Crippen LogP contribution in [-0.2, 0) is 10.5 Å². The molecule has 0 unspecified atom stereocenters. The van der Waals surface area contributed by atoms with E-state index in [0.717, 1.165) is 43.0 Å². The maximum atomic E-state index is 12.3. The Hall–Kier alpha value is -2.47. The van der Waals surface area contributed by atoms with Gasteiger partial charge in [-0.3, -0.25) is 4.79 Å². The van der Waals surface area contributed by atoms with Crippen molar-refractivity contribution in [2.24, 2.45) is 0 Å². The number of piperidine rings is 1. The monoisotopic (exact) mass is 394 g/mol. The van der Waals surface area contributed by atoms with E-state index in [1.54, 1.807) is 11.8 Å². The predicted molar refractivity (Wildman–Crippen MR) is 116 cm³/mol. The van der Waals surface area contributed by atoms with E-state index in [2.05, 4.69) is 58.7 Å². The van der Waals surface area contributed by atoms with Crippen LogP contribution in [0.3, 0.4) is 0 Å². The molecule has 1 saturated heterocycles. The molecule has 2 aromatic heterocycles. The van der Waals surface area contributed by atoms with Crippen LogP contribution in [0.5, 0.6) is 0 Å². The van der Waals surface area contributed by atoms with Gasteiger partial charge < -0.3 is 14.6 Å². The topological polar surface area (TPSA) is 49.6 Å². The minimum atomic E-state index is 0.128. The molecule has 0 radical (unpaired) electrons. The number of amides is 1. The summed E-state index contributed by atoms with van der Waals surface area (Å²) in [5.74, 6) is 1.36. The van der Waals surface area contributed by atoms with Gasteiger partial charge in [0.25, 0.3) is 0 Å². The number of fused-ring (bicyclic) bond motifs is 1. The highest BCUT2D eigenvalue weighted by Gasteiger charge is 2.20. The molecule has 3 aromatic rings. The lowest BCUT2D eigenvalue weighted by Gasteiger charge is -2.34. The molecule has 28 heavy (non-hydrogen) atoms. The van der Waals surface area contributed by atoms with Crippen LogP contribution >= 0.6 is 11.8 Å². The number of carbonyl (C=O) groups excluding carboxylic acids is 1. The van der Waals surface area contributed by atoms with E-state index < -0.39 is 0 Å². The average molecular weight is 395 g/mol. The van der Waals surface area contributed by atoms with Gasteiger partial charge in [-0.1, -0.05) is 24.3 Å². The van der Waals surface area contributed by atoms with E-state index in [1.165, 1.54) is 11.3 Å². The van der Waals surface area contributed by atoms with E-state index in [9.17, 15) is 4.79 Å². The zero-order chi connectivity index (χ0) is 19.3. The summed E-state index contributed by atoms with van der Waals surface area (Å²) < 4.78 is 2.05. The molecule has 1 amide bonds. The number of anilines is 1. The van der Waals surface area contributed by atoms with E-state index in [-0.39, 0.29) is 11.9 Å². The molecular formula is C22H26N4OS. The Balaban J connectivity index is 1.19. The van der Waals surface area contributed by atoms with Crippen LogP contribution in [0.25, 0.3) is 5.65 Å². The van der Waals surface area contributed by atoms with Gasteiger partial charge in [-0.2, -0.15) is 0 Å². The zero-order valence-corrected chi connectivity index (χ0v) is 17.0. The molecule has 0 spiro atoms. The number of nitrogens with zero attached hydrogens (tertiary/aromatic N) is 3. The molecule has 0 atom stereocenters. The largest absolute Gasteiger partial charge is 0.371 e. The Kier molecular flexibility index (Phi) is 5.86. The number of rotatable bonds is 6. The number of hydrogen-bond acceptors (Lipinski definition) is 4. The van der Waals surface area contributed by atoms with Crippen LogP contribution < -0.4 is 10.2 Å². The van der Waals surface area contributed by atoms with Gasteiger partial charge in [-0.05, 0) is 43.5 Å². The number of carbonyl (C=O) groups is 1. The number of nitrogens with one attached hydrogen (secondary N) is 1. The first-order chi connectivity index (χ1) is 13.7. The first-order valence-corrected chi connectivity index (χ1v) is 10.9. The maximum absolute atomic E-state index is 12.3. The summed E-state index contributed by atoms with van der Waals surface area (Å²) in [6.45, 7) is 4.05. The molecule has 1 aromatic carbocycles. The van der Waals surface area contributed by atoms with Crippen LogP contribution in [0.1, 0.15) is 24.1 Å². The molecule has 1 aliphatic heterocycles. The molecule has 1 N–H and O–H groups in total. The third-order valence-electron chi connectivity index (χ3n) is 5.11. The molecule has 1 aliphatic rings. The van der Waals surface area contributed by atoms with Gasteiger partial charge >= 0.3 is 0 Å². The number of hydrogen-bond donors (Lipinski definition) is 1. The van der Waals surface area contributed by atoms with E-state index in [4.69, 9.17) is 0 Å². The second kappa shape index (κ2) is 8.69. The second-order valence-corrected chi connectivity index (χ2v) is 8.35. The Morgan fingerprint density at radius 2 is 1.93 bits per heavy atom. The van der Waals surface area contributed by atoms with Crippen LogP contribution in [-0.4, -0.2) is 40.2 Å². The van der Waals surface area contributed by atoms with Gasteiger partial charge in [0.2, 0.25) is 5.91 Å².